The summed E-state index contributed by atoms with van der Waals surface area (Å²) in [5, 5.41) is 1.05. The van der Waals surface area contributed by atoms with Crippen LogP contribution in [-0.4, -0.2) is 15.8 Å². The fraction of sp³-hybridized carbons (Fsp3) is 0.250. The van der Waals surface area contributed by atoms with E-state index in [1.807, 2.05) is 29.2 Å². The minimum atomic E-state index is 0.0356. The first-order valence-electron chi connectivity index (χ1n) is 9.97. The summed E-state index contributed by atoms with van der Waals surface area (Å²) < 4.78 is 11.3. The minimum Gasteiger partial charge on any atom is -0.467 e. The van der Waals surface area contributed by atoms with Crippen molar-refractivity contribution < 1.29 is 13.6 Å². The van der Waals surface area contributed by atoms with Crippen molar-refractivity contribution in [1.82, 2.24) is 9.88 Å². The van der Waals surface area contributed by atoms with Gasteiger partial charge in [0.1, 0.15) is 11.3 Å². The van der Waals surface area contributed by atoms with Gasteiger partial charge in [0, 0.05) is 29.9 Å². The Morgan fingerprint density at radius 1 is 1.07 bits per heavy atom. The zero-order chi connectivity index (χ0) is 19.6. The number of rotatable bonds is 6. The highest BCUT2D eigenvalue weighted by molar-refractivity contribution is 5.88. The first-order chi connectivity index (χ1) is 14.3. The largest absolute Gasteiger partial charge is 0.467 e. The van der Waals surface area contributed by atoms with Gasteiger partial charge < -0.3 is 13.7 Å². The van der Waals surface area contributed by atoms with Crippen molar-refractivity contribution in [2.24, 2.45) is 0 Å². The highest BCUT2D eigenvalue weighted by Gasteiger charge is 2.20. The lowest BCUT2D eigenvalue weighted by Gasteiger charge is -2.21. The van der Waals surface area contributed by atoms with Crippen LogP contribution in [0.3, 0.4) is 0 Å². The normalized spacial score (nSPS) is 13.0. The van der Waals surface area contributed by atoms with Crippen molar-refractivity contribution in [3.63, 3.8) is 0 Å². The van der Waals surface area contributed by atoms with Gasteiger partial charge in [0.2, 0.25) is 5.91 Å². The molecule has 0 radical (unpaired) electrons. The van der Waals surface area contributed by atoms with Crippen LogP contribution < -0.4 is 0 Å². The fourth-order valence-corrected chi connectivity index (χ4v) is 4.09. The third-order valence-corrected chi connectivity index (χ3v) is 5.59. The number of fused-ring (bicyclic) bond motifs is 2. The Bertz CT molecular complexity index is 1130. The van der Waals surface area contributed by atoms with Crippen molar-refractivity contribution >= 4 is 16.9 Å². The number of carbonyl (C=O) groups is 1. The Morgan fingerprint density at radius 2 is 1.97 bits per heavy atom. The van der Waals surface area contributed by atoms with Gasteiger partial charge in [-0.1, -0.05) is 6.07 Å². The summed E-state index contributed by atoms with van der Waals surface area (Å²) in [5.74, 6) is 0.797. The molecule has 3 heterocycles. The van der Waals surface area contributed by atoms with E-state index in [2.05, 4.69) is 17.1 Å². The van der Waals surface area contributed by atoms with Crippen LogP contribution in [0.2, 0.25) is 0 Å². The molecule has 0 bridgehead atoms. The van der Waals surface area contributed by atoms with Crippen LogP contribution in [-0.2, 0) is 37.1 Å². The number of hydrogen-bond donors (Lipinski definition) is 0. The van der Waals surface area contributed by atoms with Crippen LogP contribution in [0.4, 0.5) is 0 Å². The molecule has 0 atom stereocenters. The Hall–Kier alpha value is -3.34. The Morgan fingerprint density at radius 3 is 2.76 bits per heavy atom. The molecule has 0 N–H and O–H groups in total. The molecule has 5 nitrogen and oxygen atoms in total. The van der Waals surface area contributed by atoms with Crippen LogP contribution in [0.25, 0.3) is 11.0 Å². The van der Waals surface area contributed by atoms with Crippen LogP contribution >= 0.6 is 0 Å². The topological polar surface area (TPSA) is 59.5 Å². The highest BCUT2D eigenvalue weighted by Crippen LogP contribution is 2.31. The van der Waals surface area contributed by atoms with Gasteiger partial charge in [0.25, 0.3) is 0 Å². The number of aryl methyl sites for hydroxylation is 2. The zero-order valence-corrected chi connectivity index (χ0v) is 16.1. The second-order valence-corrected chi connectivity index (χ2v) is 7.60. The maximum atomic E-state index is 13.2. The second-order valence-electron chi connectivity index (χ2n) is 7.60. The smallest absolute Gasteiger partial charge is 0.227 e. The van der Waals surface area contributed by atoms with Crippen molar-refractivity contribution in [2.75, 3.05) is 0 Å². The number of furan rings is 2. The molecule has 1 aliphatic rings. The molecule has 29 heavy (non-hydrogen) atoms. The average molecular weight is 386 g/mol. The van der Waals surface area contributed by atoms with Crippen LogP contribution in [0.1, 0.15) is 34.4 Å². The van der Waals surface area contributed by atoms with E-state index in [0.717, 1.165) is 40.7 Å². The van der Waals surface area contributed by atoms with E-state index in [4.69, 9.17) is 8.83 Å². The summed E-state index contributed by atoms with van der Waals surface area (Å²) in [6.07, 6.45) is 10.6. The van der Waals surface area contributed by atoms with Gasteiger partial charge in [-0.05, 0) is 66.3 Å². The SMILES string of the molecule is O=C(Cc1coc2cc3c(cc12)CCC3)N(Cc1cccnc1)Cc1ccco1. The molecule has 0 fully saturated rings. The number of aromatic nitrogens is 1. The lowest BCUT2D eigenvalue weighted by molar-refractivity contribution is -0.132. The summed E-state index contributed by atoms with van der Waals surface area (Å²) in [4.78, 5) is 19.2. The van der Waals surface area contributed by atoms with E-state index in [1.54, 1.807) is 24.9 Å². The molecule has 1 amide bonds. The van der Waals surface area contributed by atoms with Crippen LogP contribution in [0.15, 0.2) is 70.2 Å². The standard InChI is InChI=1S/C24H22N2O3/c27-24(12-20-16-29-23-11-19-6-1-5-18(19)10-22(20)23)26(15-21-7-3-9-28-21)14-17-4-2-8-25-13-17/h2-4,7-11,13,16H,1,5-6,12,14-15H2. The number of carbonyl (C=O) groups excluding carboxylic acids is 1. The summed E-state index contributed by atoms with van der Waals surface area (Å²) in [7, 11) is 0. The number of nitrogens with zero attached hydrogens (tertiary/aromatic N) is 2. The molecule has 0 saturated carbocycles. The molecule has 0 spiro atoms. The number of hydrogen-bond acceptors (Lipinski definition) is 4. The van der Waals surface area contributed by atoms with Gasteiger partial charge in [-0.25, -0.2) is 0 Å². The van der Waals surface area contributed by atoms with Gasteiger partial charge in [0.15, 0.2) is 0 Å². The first-order valence-corrected chi connectivity index (χ1v) is 9.97. The van der Waals surface area contributed by atoms with Crippen molar-refractivity contribution in [2.45, 2.75) is 38.8 Å². The monoisotopic (exact) mass is 386 g/mol. The summed E-state index contributed by atoms with van der Waals surface area (Å²) in [6, 6.07) is 11.9. The van der Waals surface area contributed by atoms with Crippen molar-refractivity contribution in [3.05, 3.63) is 89.3 Å². The maximum absolute atomic E-state index is 13.2. The van der Waals surface area contributed by atoms with Gasteiger partial charge in [-0.3, -0.25) is 9.78 Å². The molecule has 5 rings (SSSR count). The van der Waals surface area contributed by atoms with Crippen LogP contribution in [0, 0.1) is 0 Å². The van der Waals surface area contributed by atoms with E-state index in [9.17, 15) is 4.79 Å². The molecular formula is C24H22N2O3. The second kappa shape index (κ2) is 7.59. The molecule has 3 aromatic heterocycles. The molecule has 5 heteroatoms. The zero-order valence-electron chi connectivity index (χ0n) is 16.1. The molecule has 0 saturated heterocycles. The number of pyridine rings is 1. The Kier molecular flexibility index (Phi) is 4.64. The van der Waals surface area contributed by atoms with Crippen LogP contribution in [0.5, 0.6) is 0 Å². The van der Waals surface area contributed by atoms with Gasteiger partial charge in [-0.2, -0.15) is 0 Å². The predicted octanol–water partition coefficient (Wildman–Crippen LogP) is 4.68. The van der Waals surface area contributed by atoms with E-state index in [0.29, 0.717) is 19.5 Å². The first kappa shape index (κ1) is 17.7. The third kappa shape index (κ3) is 3.68. The van der Waals surface area contributed by atoms with Crippen molar-refractivity contribution in [3.8, 4) is 0 Å². The quantitative estimate of drug-likeness (QED) is 0.483. The minimum absolute atomic E-state index is 0.0356. The summed E-state index contributed by atoms with van der Waals surface area (Å²) in [6.45, 7) is 0.907. The third-order valence-electron chi connectivity index (χ3n) is 5.59. The molecule has 1 aliphatic carbocycles. The molecule has 0 unspecified atom stereocenters. The molecular weight excluding hydrogens is 364 g/mol. The molecule has 0 aliphatic heterocycles. The average Bonchev–Trinajstić information content (AvgIpc) is 3.48. The highest BCUT2D eigenvalue weighted by atomic mass is 16.3. The van der Waals surface area contributed by atoms with Gasteiger partial charge in [0.05, 0.1) is 25.5 Å². The lowest BCUT2D eigenvalue weighted by Crippen LogP contribution is -2.31. The molecule has 4 aromatic rings. The molecule has 1 aromatic carbocycles. The molecule has 146 valence electrons. The fourth-order valence-electron chi connectivity index (χ4n) is 4.09. The van der Waals surface area contributed by atoms with E-state index in [1.165, 1.54) is 17.5 Å². The summed E-state index contributed by atoms with van der Waals surface area (Å²) >= 11 is 0. The van der Waals surface area contributed by atoms with E-state index >= 15 is 0 Å². The number of benzene rings is 1. The predicted molar refractivity (Wildman–Crippen MR) is 109 cm³/mol. The van der Waals surface area contributed by atoms with Crippen molar-refractivity contribution in [1.29, 1.82) is 0 Å². The lowest BCUT2D eigenvalue weighted by atomic mass is 10.0. The van der Waals surface area contributed by atoms with E-state index in [-0.39, 0.29) is 5.91 Å². The Labute approximate surface area is 169 Å². The Balaban J connectivity index is 1.40. The van der Waals surface area contributed by atoms with E-state index < -0.39 is 0 Å². The number of amides is 1. The van der Waals surface area contributed by atoms with Gasteiger partial charge >= 0.3 is 0 Å². The summed E-state index contributed by atoms with van der Waals surface area (Å²) in [5.41, 5.74) is 5.56. The van der Waals surface area contributed by atoms with Gasteiger partial charge in [-0.15, -0.1) is 0 Å². The maximum Gasteiger partial charge on any atom is 0.227 e.